The molecule has 0 aromatic heterocycles. The molecule has 0 amide bonds. The fraction of sp³-hybridized carbons (Fsp3) is 0.333. The average Bonchev–Trinajstić information content (AvgIpc) is 1.36. The van der Waals surface area contributed by atoms with Gasteiger partial charge in [0.2, 0.25) is 0 Å². The van der Waals surface area contributed by atoms with E-state index in [-0.39, 0.29) is 0 Å². The van der Waals surface area contributed by atoms with E-state index in [4.69, 9.17) is 10.2 Å². The zero-order valence-electron chi connectivity index (χ0n) is 3.89. The van der Waals surface area contributed by atoms with E-state index in [1.807, 2.05) is 0 Å². The van der Waals surface area contributed by atoms with Crippen LogP contribution in [-0.2, 0) is 0 Å². The van der Waals surface area contributed by atoms with Gasteiger partial charge in [0.15, 0.2) is 0 Å². The number of allylic oxidation sites excluding steroid dienone is 1. The van der Waals surface area contributed by atoms with Gasteiger partial charge in [-0.1, -0.05) is 0 Å². The van der Waals surface area contributed by atoms with E-state index < -0.39 is 5.95 Å². The van der Waals surface area contributed by atoms with E-state index >= 15 is 0 Å². The van der Waals surface area contributed by atoms with Crippen LogP contribution in [0.4, 0.5) is 0 Å². The summed E-state index contributed by atoms with van der Waals surface area (Å²) < 4.78 is 0. The van der Waals surface area contributed by atoms with Gasteiger partial charge in [0, 0.05) is 10.2 Å². The molecule has 36 valence electrons. The van der Waals surface area contributed by atoms with Gasteiger partial charge in [-0.05, 0) is 12.1 Å². The fourth-order valence-corrected chi connectivity index (χ4v) is 0. The first kappa shape index (κ1) is 5.56. The summed E-state index contributed by atoms with van der Waals surface area (Å²) in [7, 11) is 0.733. The van der Waals surface area contributed by atoms with E-state index in [1.54, 1.807) is 6.92 Å². The molecule has 0 fully saturated rings. The molecule has 0 aromatic rings. The van der Waals surface area contributed by atoms with Gasteiger partial charge in [0.1, 0.15) is 0 Å². The highest BCUT2D eigenvalue weighted by Crippen LogP contribution is 1.85. The van der Waals surface area contributed by atoms with Crippen LogP contribution >= 0.6 is 0 Å². The molecule has 0 atom stereocenters. The zero-order chi connectivity index (χ0) is 5.15. The molecule has 0 aliphatic carbocycles. The topological polar surface area (TPSA) is 40.5 Å². The monoisotopic (exact) mass is 104 g/mol. The molecule has 6 heavy (non-hydrogen) atoms. The van der Waals surface area contributed by atoms with Crippen molar-refractivity contribution in [1.82, 2.24) is 0 Å². The highest BCUT2D eigenvalue weighted by atomic mass is 28.1. The van der Waals surface area contributed by atoms with E-state index in [0.29, 0.717) is 5.20 Å². The molecule has 0 radical (unpaired) electrons. The maximum atomic E-state index is 8.10. The normalized spacial score (nSPS) is 8.17. The molecule has 0 saturated heterocycles. The quantitative estimate of drug-likeness (QED) is 0.326. The van der Waals surface area contributed by atoms with Crippen LogP contribution in [0.1, 0.15) is 6.92 Å². The summed E-state index contributed by atoms with van der Waals surface area (Å²) in [5.74, 6) is -0.512. The third kappa shape index (κ3) is 1.84. The third-order valence-corrected chi connectivity index (χ3v) is 0.894. The van der Waals surface area contributed by atoms with Gasteiger partial charge >= 0.3 is 0 Å². The van der Waals surface area contributed by atoms with Gasteiger partial charge in [0.25, 0.3) is 5.95 Å². The lowest BCUT2D eigenvalue weighted by atomic mass is 10.7. The second-order valence-electron chi connectivity index (χ2n) is 1.32. The van der Waals surface area contributed by atoms with Gasteiger partial charge < -0.3 is 10.2 Å². The lowest BCUT2D eigenvalue weighted by Crippen LogP contribution is -1.81. The zero-order valence-corrected chi connectivity index (χ0v) is 5.89. The summed E-state index contributed by atoms with van der Waals surface area (Å²) in [6.07, 6.45) is 0. The molecule has 3 heteroatoms. The molecule has 0 aliphatic rings. The molecule has 2 nitrogen and oxygen atoms in total. The van der Waals surface area contributed by atoms with Crippen LogP contribution in [0.25, 0.3) is 0 Å². The van der Waals surface area contributed by atoms with Crippen molar-refractivity contribution in [3.8, 4) is 0 Å². The Morgan fingerprint density at radius 3 is 1.67 bits per heavy atom. The van der Waals surface area contributed by atoms with Crippen molar-refractivity contribution in [3.63, 3.8) is 0 Å². The maximum Gasteiger partial charge on any atom is 0.267 e. The SMILES string of the molecule is CC([SiH3])=C(O)O. The van der Waals surface area contributed by atoms with Gasteiger partial charge in [-0.2, -0.15) is 0 Å². The summed E-state index contributed by atoms with van der Waals surface area (Å²) >= 11 is 0. The van der Waals surface area contributed by atoms with E-state index in [0.717, 1.165) is 10.2 Å². The lowest BCUT2D eigenvalue weighted by molar-refractivity contribution is 0.188. The standard InChI is InChI=1S/C3H8O2Si/c1-2(6)3(4)5/h4-5H,1,6H3. The molecule has 0 unspecified atom stereocenters. The highest BCUT2D eigenvalue weighted by Gasteiger charge is 1.82. The van der Waals surface area contributed by atoms with Crippen LogP contribution < -0.4 is 0 Å². The first-order valence-corrected chi connectivity index (χ1v) is 2.70. The van der Waals surface area contributed by atoms with Crippen LogP contribution in [0.5, 0.6) is 0 Å². The number of hydrogen-bond acceptors (Lipinski definition) is 2. The highest BCUT2D eigenvalue weighted by molar-refractivity contribution is 6.21. The Bertz CT molecular complexity index is 58.9. The Balaban J connectivity index is 3.68. The minimum atomic E-state index is -0.512. The minimum Gasteiger partial charge on any atom is -0.481 e. The van der Waals surface area contributed by atoms with E-state index in [9.17, 15) is 0 Å². The number of hydrogen-bond donors (Lipinski definition) is 2. The summed E-state index contributed by atoms with van der Waals surface area (Å²) in [5.41, 5.74) is 0. The molecule has 0 bridgehead atoms. The van der Waals surface area contributed by atoms with Crippen LogP contribution in [0.3, 0.4) is 0 Å². The van der Waals surface area contributed by atoms with Crippen molar-refractivity contribution in [1.29, 1.82) is 0 Å². The van der Waals surface area contributed by atoms with Gasteiger partial charge in [-0.3, -0.25) is 0 Å². The van der Waals surface area contributed by atoms with E-state index in [2.05, 4.69) is 0 Å². The van der Waals surface area contributed by atoms with Crippen LogP contribution in [0, 0.1) is 0 Å². The largest absolute Gasteiger partial charge is 0.481 e. The molecule has 0 aliphatic heterocycles. The van der Waals surface area contributed by atoms with Gasteiger partial charge in [-0.25, -0.2) is 0 Å². The molecule has 0 rings (SSSR count). The Hall–Kier alpha value is -0.443. The van der Waals surface area contributed by atoms with Crippen molar-refractivity contribution in [2.75, 3.05) is 0 Å². The first-order valence-electron chi connectivity index (χ1n) is 1.70. The van der Waals surface area contributed by atoms with E-state index in [1.165, 1.54) is 0 Å². The molecule has 0 spiro atoms. The van der Waals surface area contributed by atoms with Crippen LogP contribution in [0.15, 0.2) is 11.1 Å². The van der Waals surface area contributed by atoms with Crippen molar-refractivity contribution in [3.05, 3.63) is 11.1 Å². The Kier molecular flexibility index (Phi) is 1.73. The molecule has 0 aromatic carbocycles. The lowest BCUT2D eigenvalue weighted by Gasteiger charge is -1.85. The third-order valence-electron chi connectivity index (χ3n) is 0.447. The number of aliphatic hydroxyl groups excluding tert-OH is 1. The molecule has 0 heterocycles. The number of rotatable bonds is 0. The van der Waals surface area contributed by atoms with Crippen molar-refractivity contribution in [2.45, 2.75) is 6.92 Å². The van der Waals surface area contributed by atoms with Crippen LogP contribution in [0.2, 0.25) is 0 Å². The van der Waals surface area contributed by atoms with Gasteiger partial charge in [-0.15, -0.1) is 0 Å². The average molecular weight is 104 g/mol. The number of aliphatic hydroxyl groups is 2. The molecular formula is C3H8O2Si. The summed E-state index contributed by atoms with van der Waals surface area (Å²) in [6, 6.07) is 0. The van der Waals surface area contributed by atoms with Crippen molar-refractivity contribution < 1.29 is 10.2 Å². The van der Waals surface area contributed by atoms with Gasteiger partial charge in [0.05, 0.1) is 0 Å². The Labute approximate surface area is 39.5 Å². The smallest absolute Gasteiger partial charge is 0.267 e. The summed E-state index contributed by atoms with van der Waals surface area (Å²) in [5, 5.41) is 16.9. The molecule has 0 saturated carbocycles. The molecule has 2 N–H and O–H groups in total. The summed E-state index contributed by atoms with van der Waals surface area (Å²) in [6.45, 7) is 1.68. The van der Waals surface area contributed by atoms with Crippen molar-refractivity contribution >= 4 is 10.2 Å². The first-order chi connectivity index (χ1) is 2.64. The Morgan fingerprint density at radius 2 is 1.67 bits per heavy atom. The fourth-order valence-electron chi connectivity index (χ4n) is 0. The minimum absolute atomic E-state index is 0.512. The summed E-state index contributed by atoms with van der Waals surface area (Å²) in [4.78, 5) is 0. The van der Waals surface area contributed by atoms with Crippen molar-refractivity contribution in [2.24, 2.45) is 0 Å². The predicted octanol–water partition coefficient (Wildman–Crippen LogP) is -0.343. The molecular weight excluding hydrogens is 96.1 g/mol. The maximum absolute atomic E-state index is 8.10. The Morgan fingerprint density at radius 1 is 1.50 bits per heavy atom. The second-order valence-corrected chi connectivity index (χ2v) is 2.82. The second kappa shape index (κ2) is 1.87. The van der Waals surface area contributed by atoms with Crippen LogP contribution in [-0.4, -0.2) is 20.5 Å². The predicted molar refractivity (Wildman–Crippen MR) is 27.9 cm³/mol.